The predicted octanol–water partition coefficient (Wildman–Crippen LogP) is 6.41. The number of nitrogens with zero attached hydrogens (tertiary/aromatic N) is 3. The summed E-state index contributed by atoms with van der Waals surface area (Å²) in [5.74, 6) is 0.645. The zero-order valence-corrected chi connectivity index (χ0v) is 21.2. The van der Waals surface area contributed by atoms with Gasteiger partial charge in [-0.15, -0.1) is 0 Å². The van der Waals surface area contributed by atoms with Gasteiger partial charge in [-0.25, -0.2) is 4.85 Å². The van der Waals surface area contributed by atoms with Crippen molar-refractivity contribution in [2.75, 3.05) is 37.7 Å². The van der Waals surface area contributed by atoms with E-state index in [9.17, 15) is 0 Å². The van der Waals surface area contributed by atoms with Crippen molar-refractivity contribution in [1.82, 2.24) is 4.90 Å². The summed E-state index contributed by atoms with van der Waals surface area (Å²) in [7, 11) is 0. The standard InChI is InChI=1S/C28H29Cl2N3O2/c1-20-18-33(27-12-11-25(17-26(27)30)35-16-15-34)28(22-5-7-23(29)8-6-22)19-32(20)14-13-21-3-9-24(31-2)10-4-21/h3-12,17,20,28,34H,13-16,18-19H2,1H3/t20-,28+/m1/s1. The van der Waals surface area contributed by atoms with Gasteiger partial charge >= 0.3 is 0 Å². The summed E-state index contributed by atoms with van der Waals surface area (Å²) in [6, 6.07) is 22.1. The Morgan fingerprint density at radius 1 is 1.03 bits per heavy atom. The van der Waals surface area contributed by atoms with Gasteiger partial charge in [-0.3, -0.25) is 4.90 Å². The Morgan fingerprint density at radius 2 is 1.77 bits per heavy atom. The summed E-state index contributed by atoms with van der Waals surface area (Å²) < 4.78 is 5.54. The fourth-order valence-corrected chi connectivity index (χ4v) is 4.96. The van der Waals surface area contributed by atoms with Crippen LogP contribution in [0, 0.1) is 6.57 Å². The summed E-state index contributed by atoms with van der Waals surface area (Å²) in [4.78, 5) is 8.37. The Hall–Kier alpha value is -2.75. The van der Waals surface area contributed by atoms with Crippen molar-refractivity contribution in [1.29, 1.82) is 0 Å². The fraction of sp³-hybridized carbons (Fsp3) is 0.321. The molecule has 182 valence electrons. The van der Waals surface area contributed by atoms with E-state index >= 15 is 0 Å². The average Bonchev–Trinajstić information content (AvgIpc) is 2.87. The lowest BCUT2D eigenvalue weighted by molar-refractivity contribution is 0.163. The highest BCUT2D eigenvalue weighted by Crippen LogP contribution is 2.38. The Balaban J connectivity index is 1.56. The number of hydrogen-bond donors (Lipinski definition) is 1. The van der Waals surface area contributed by atoms with E-state index in [1.165, 1.54) is 11.1 Å². The van der Waals surface area contributed by atoms with Gasteiger partial charge in [-0.05, 0) is 48.7 Å². The molecule has 0 amide bonds. The second kappa shape index (κ2) is 11.8. The third-order valence-corrected chi connectivity index (χ3v) is 7.02. The maximum absolute atomic E-state index is 9.04. The van der Waals surface area contributed by atoms with Crippen LogP contribution in [0.1, 0.15) is 24.1 Å². The van der Waals surface area contributed by atoms with E-state index in [0.717, 1.165) is 31.7 Å². The third kappa shape index (κ3) is 6.28. The molecule has 1 fully saturated rings. The van der Waals surface area contributed by atoms with E-state index in [1.54, 1.807) is 0 Å². The topological polar surface area (TPSA) is 40.3 Å². The molecule has 3 aromatic carbocycles. The van der Waals surface area contributed by atoms with E-state index in [-0.39, 0.29) is 19.3 Å². The molecular formula is C28H29Cl2N3O2. The molecule has 2 atom stereocenters. The highest BCUT2D eigenvalue weighted by molar-refractivity contribution is 6.33. The van der Waals surface area contributed by atoms with Crippen LogP contribution in [-0.2, 0) is 6.42 Å². The Morgan fingerprint density at radius 3 is 2.43 bits per heavy atom. The fourth-order valence-electron chi connectivity index (χ4n) is 4.56. The van der Waals surface area contributed by atoms with Crippen LogP contribution in [0.15, 0.2) is 66.7 Å². The number of benzene rings is 3. The van der Waals surface area contributed by atoms with E-state index in [1.807, 2.05) is 54.6 Å². The Labute approximate surface area is 217 Å². The summed E-state index contributed by atoms with van der Waals surface area (Å²) in [5.41, 5.74) is 4.05. The Bertz CT molecular complexity index is 1160. The van der Waals surface area contributed by atoms with E-state index in [2.05, 4.69) is 33.7 Å². The molecule has 3 aromatic rings. The average molecular weight is 510 g/mol. The molecule has 7 heteroatoms. The molecule has 1 aliphatic rings. The zero-order chi connectivity index (χ0) is 24.8. The molecule has 0 saturated carbocycles. The first-order valence-electron chi connectivity index (χ1n) is 11.7. The van der Waals surface area contributed by atoms with Crippen LogP contribution in [0.5, 0.6) is 5.75 Å². The number of anilines is 1. The zero-order valence-electron chi connectivity index (χ0n) is 19.7. The second-order valence-corrected chi connectivity index (χ2v) is 9.62. The monoisotopic (exact) mass is 509 g/mol. The third-order valence-electron chi connectivity index (χ3n) is 6.46. The van der Waals surface area contributed by atoms with Gasteiger partial charge in [0.1, 0.15) is 12.4 Å². The maximum Gasteiger partial charge on any atom is 0.187 e. The summed E-state index contributed by atoms with van der Waals surface area (Å²) in [5, 5.41) is 10.4. The minimum atomic E-state index is -0.0405. The molecule has 4 rings (SSSR count). The molecular weight excluding hydrogens is 481 g/mol. The second-order valence-electron chi connectivity index (χ2n) is 8.78. The molecule has 35 heavy (non-hydrogen) atoms. The highest BCUT2D eigenvalue weighted by Gasteiger charge is 2.33. The predicted molar refractivity (Wildman–Crippen MR) is 143 cm³/mol. The molecule has 0 unspecified atom stereocenters. The molecule has 0 aliphatic carbocycles. The summed E-state index contributed by atoms with van der Waals surface area (Å²) in [6.07, 6.45) is 0.924. The van der Waals surface area contributed by atoms with Crippen molar-refractivity contribution in [2.24, 2.45) is 0 Å². The molecule has 0 spiro atoms. The van der Waals surface area contributed by atoms with Crippen molar-refractivity contribution in [2.45, 2.75) is 25.4 Å². The molecule has 5 nitrogen and oxygen atoms in total. The van der Waals surface area contributed by atoms with Crippen LogP contribution in [0.3, 0.4) is 0 Å². The SMILES string of the molecule is [C-]#[N+]c1ccc(CCN2C[C@@H](c3ccc(Cl)cc3)N(c3ccc(OCCO)cc3Cl)C[C@H]2C)cc1. The maximum atomic E-state index is 9.04. The van der Waals surface area contributed by atoms with Crippen LogP contribution < -0.4 is 9.64 Å². The van der Waals surface area contributed by atoms with Crippen LogP contribution >= 0.6 is 23.2 Å². The number of rotatable bonds is 8. The normalized spacial score (nSPS) is 18.3. The lowest BCUT2D eigenvalue weighted by Gasteiger charge is -2.47. The number of aliphatic hydroxyl groups is 1. The van der Waals surface area contributed by atoms with Gasteiger partial charge in [0.2, 0.25) is 0 Å². The van der Waals surface area contributed by atoms with Crippen molar-refractivity contribution in [3.8, 4) is 5.75 Å². The lowest BCUT2D eigenvalue weighted by atomic mass is 9.98. The van der Waals surface area contributed by atoms with Gasteiger partial charge in [0.05, 0.1) is 29.9 Å². The molecule has 1 saturated heterocycles. The van der Waals surface area contributed by atoms with Gasteiger partial charge < -0.3 is 14.7 Å². The largest absolute Gasteiger partial charge is 0.491 e. The first kappa shape index (κ1) is 25.3. The van der Waals surface area contributed by atoms with E-state index < -0.39 is 0 Å². The lowest BCUT2D eigenvalue weighted by Crippen LogP contribution is -2.54. The molecule has 0 radical (unpaired) electrons. The minimum Gasteiger partial charge on any atom is -0.491 e. The van der Waals surface area contributed by atoms with Crippen LogP contribution in [0.2, 0.25) is 10.0 Å². The van der Waals surface area contributed by atoms with Crippen LogP contribution in [0.4, 0.5) is 11.4 Å². The van der Waals surface area contributed by atoms with Crippen molar-refractivity contribution >= 4 is 34.6 Å². The first-order valence-corrected chi connectivity index (χ1v) is 12.5. The summed E-state index contributed by atoms with van der Waals surface area (Å²) >= 11 is 12.9. The number of halogens is 2. The van der Waals surface area contributed by atoms with E-state index in [0.29, 0.717) is 27.5 Å². The molecule has 0 bridgehead atoms. The van der Waals surface area contributed by atoms with Gasteiger partial charge in [-0.2, -0.15) is 0 Å². The van der Waals surface area contributed by atoms with Gasteiger partial charge in [0.15, 0.2) is 5.69 Å². The number of ether oxygens (including phenoxy) is 1. The number of piperazine rings is 1. The summed E-state index contributed by atoms with van der Waals surface area (Å²) in [6.45, 7) is 12.2. The van der Waals surface area contributed by atoms with Gasteiger partial charge in [-0.1, -0.05) is 59.6 Å². The molecule has 1 aliphatic heterocycles. The van der Waals surface area contributed by atoms with Crippen LogP contribution in [-0.4, -0.2) is 48.9 Å². The van der Waals surface area contributed by atoms with Gasteiger partial charge in [0.25, 0.3) is 0 Å². The molecule has 1 heterocycles. The van der Waals surface area contributed by atoms with Crippen molar-refractivity contribution in [3.63, 3.8) is 0 Å². The number of hydrogen-bond acceptors (Lipinski definition) is 4. The van der Waals surface area contributed by atoms with E-state index in [4.69, 9.17) is 39.6 Å². The van der Waals surface area contributed by atoms with Gasteiger partial charge in [0, 0.05) is 36.8 Å². The Kier molecular flexibility index (Phi) is 8.54. The van der Waals surface area contributed by atoms with Crippen molar-refractivity contribution < 1.29 is 9.84 Å². The first-order chi connectivity index (χ1) is 17.0. The number of aliphatic hydroxyl groups excluding tert-OH is 1. The highest BCUT2D eigenvalue weighted by atomic mass is 35.5. The quantitative estimate of drug-likeness (QED) is 0.356. The minimum absolute atomic E-state index is 0.0405. The smallest absolute Gasteiger partial charge is 0.187 e. The van der Waals surface area contributed by atoms with Crippen LogP contribution in [0.25, 0.3) is 4.85 Å². The molecule has 1 N–H and O–H groups in total. The molecule has 0 aromatic heterocycles. The van der Waals surface area contributed by atoms with Crippen molar-refractivity contribution in [3.05, 3.63) is 99.3 Å².